The Morgan fingerprint density at radius 2 is 2.24 bits per heavy atom. The first kappa shape index (κ1) is 11.7. The van der Waals surface area contributed by atoms with Gasteiger partial charge in [-0.3, -0.25) is 4.98 Å². The van der Waals surface area contributed by atoms with Crippen molar-refractivity contribution >= 4 is 0 Å². The maximum absolute atomic E-state index is 6.06. The van der Waals surface area contributed by atoms with E-state index >= 15 is 0 Å². The Morgan fingerprint density at radius 1 is 1.47 bits per heavy atom. The number of hydrogen-bond donors (Lipinski definition) is 1. The van der Waals surface area contributed by atoms with Crippen LogP contribution in [0.25, 0.3) is 11.5 Å². The minimum atomic E-state index is -0.552. The van der Waals surface area contributed by atoms with E-state index in [-0.39, 0.29) is 0 Å². The molecule has 0 saturated carbocycles. The molecule has 0 saturated heterocycles. The highest BCUT2D eigenvalue weighted by Gasteiger charge is 2.25. The van der Waals surface area contributed by atoms with Gasteiger partial charge >= 0.3 is 0 Å². The molecule has 2 aromatic rings. The van der Waals surface area contributed by atoms with E-state index in [0.29, 0.717) is 11.7 Å². The Hall–Kier alpha value is -1.75. The second-order valence-corrected chi connectivity index (χ2v) is 4.38. The molecule has 2 heterocycles. The summed E-state index contributed by atoms with van der Waals surface area (Å²) in [5.74, 6) is 1.01. The molecule has 2 rings (SSSR count). The minimum absolute atomic E-state index is 0.482. The Morgan fingerprint density at radius 3 is 2.88 bits per heavy atom. The highest BCUT2D eigenvalue weighted by atomic mass is 16.5. The molecule has 17 heavy (non-hydrogen) atoms. The maximum Gasteiger partial charge on any atom is 0.258 e. The van der Waals surface area contributed by atoms with Crippen molar-refractivity contribution in [2.24, 2.45) is 5.73 Å². The third kappa shape index (κ3) is 2.34. The number of aryl methyl sites for hydroxylation is 1. The molecule has 5 heteroatoms. The smallest absolute Gasteiger partial charge is 0.258 e. The number of aromatic nitrogens is 3. The van der Waals surface area contributed by atoms with Gasteiger partial charge in [0.1, 0.15) is 0 Å². The highest BCUT2D eigenvalue weighted by Crippen LogP contribution is 2.22. The van der Waals surface area contributed by atoms with Crippen LogP contribution in [0.15, 0.2) is 22.9 Å². The van der Waals surface area contributed by atoms with Crippen LogP contribution in [0.3, 0.4) is 0 Å². The lowest BCUT2D eigenvalue weighted by atomic mass is 10.0. The average Bonchev–Trinajstić information content (AvgIpc) is 2.79. The van der Waals surface area contributed by atoms with E-state index in [4.69, 9.17) is 10.3 Å². The first-order valence-electron chi connectivity index (χ1n) is 5.59. The van der Waals surface area contributed by atoms with Gasteiger partial charge in [0, 0.05) is 17.5 Å². The first-order chi connectivity index (χ1) is 8.03. The van der Waals surface area contributed by atoms with Gasteiger partial charge in [0.2, 0.25) is 0 Å². The van der Waals surface area contributed by atoms with Gasteiger partial charge in [-0.15, -0.1) is 0 Å². The lowest BCUT2D eigenvalue weighted by Crippen LogP contribution is -2.33. The molecule has 0 amide bonds. The molecule has 1 atom stereocenters. The standard InChI is InChI=1S/C12H16N4O/c1-4-12(3,13)11-15-10(17-16-11)9-5-6-14-8(2)7-9/h5-7H,4,13H2,1-3H3. The quantitative estimate of drug-likeness (QED) is 0.876. The zero-order valence-corrected chi connectivity index (χ0v) is 10.3. The molecule has 2 N–H and O–H groups in total. The number of nitrogens with zero attached hydrogens (tertiary/aromatic N) is 3. The molecule has 0 bridgehead atoms. The van der Waals surface area contributed by atoms with Crippen LogP contribution in [0.1, 0.15) is 31.8 Å². The second-order valence-electron chi connectivity index (χ2n) is 4.38. The van der Waals surface area contributed by atoms with Crippen molar-refractivity contribution in [2.45, 2.75) is 32.7 Å². The lowest BCUT2D eigenvalue weighted by molar-refractivity contribution is 0.379. The third-order valence-electron chi connectivity index (χ3n) is 2.81. The molecule has 0 aliphatic rings. The fraction of sp³-hybridized carbons (Fsp3) is 0.417. The molecule has 5 nitrogen and oxygen atoms in total. The van der Waals surface area contributed by atoms with Crippen molar-refractivity contribution in [1.82, 2.24) is 15.1 Å². The largest absolute Gasteiger partial charge is 0.334 e. The van der Waals surface area contributed by atoms with Crippen LogP contribution in [-0.4, -0.2) is 15.1 Å². The topological polar surface area (TPSA) is 77.8 Å². The molecule has 1 unspecified atom stereocenters. The van der Waals surface area contributed by atoms with Crippen LogP contribution >= 0.6 is 0 Å². The molecule has 2 aromatic heterocycles. The number of rotatable bonds is 3. The van der Waals surface area contributed by atoms with Gasteiger partial charge in [0.25, 0.3) is 5.89 Å². The van der Waals surface area contributed by atoms with E-state index < -0.39 is 5.54 Å². The van der Waals surface area contributed by atoms with Gasteiger partial charge in [-0.25, -0.2) is 0 Å². The van der Waals surface area contributed by atoms with Gasteiger partial charge in [0.05, 0.1) is 5.54 Å². The summed E-state index contributed by atoms with van der Waals surface area (Å²) < 4.78 is 5.22. The Bertz CT molecular complexity index is 519. The highest BCUT2D eigenvalue weighted by molar-refractivity contribution is 5.52. The summed E-state index contributed by atoms with van der Waals surface area (Å²) >= 11 is 0. The zero-order chi connectivity index (χ0) is 12.5. The average molecular weight is 232 g/mol. The molecule has 0 aliphatic heterocycles. The molecule has 0 aliphatic carbocycles. The Kier molecular flexibility index (Phi) is 2.93. The first-order valence-corrected chi connectivity index (χ1v) is 5.59. The Labute approximate surface area is 100 Å². The molecule has 0 fully saturated rings. The van der Waals surface area contributed by atoms with E-state index in [9.17, 15) is 0 Å². The molecular weight excluding hydrogens is 216 g/mol. The van der Waals surface area contributed by atoms with Gasteiger partial charge in [-0.1, -0.05) is 12.1 Å². The predicted molar refractivity (Wildman–Crippen MR) is 64.1 cm³/mol. The summed E-state index contributed by atoms with van der Waals surface area (Å²) in [5, 5.41) is 3.93. The van der Waals surface area contributed by atoms with Crippen LogP contribution in [-0.2, 0) is 5.54 Å². The number of nitrogens with two attached hydrogens (primary N) is 1. The summed E-state index contributed by atoms with van der Waals surface area (Å²) in [5.41, 5.74) is 7.28. The van der Waals surface area contributed by atoms with Crippen LogP contribution < -0.4 is 5.73 Å². The monoisotopic (exact) mass is 232 g/mol. The lowest BCUT2D eigenvalue weighted by Gasteiger charge is -2.16. The van der Waals surface area contributed by atoms with Crippen LogP contribution in [0.4, 0.5) is 0 Å². The maximum atomic E-state index is 6.06. The van der Waals surface area contributed by atoms with Gasteiger partial charge in [0.15, 0.2) is 5.82 Å². The molecule has 90 valence electrons. The van der Waals surface area contributed by atoms with E-state index in [2.05, 4.69) is 15.1 Å². The summed E-state index contributed by atoms with van der Waals surface area (Å²) in [6, 6.07) is 3.74. The summed E-state index contributed by atoms with van der Waals surface area (Å²) in [4.78, 5) is 8.46. The van der Waals surface area contributed by atoms with Crippen molar-refractivity contribution in [3.05, 3.63) is 29.8 Å². The van der Waals surface area contributed by atoms with E-state index in [1.807, 2.05) is 32.9 Å². The number of pyridine rings is 1. The van der Waals surface area contributed by atoms with Crippen molar-refractivity contribution in [1.29, 1.82) is 0 Å². The van der Waals surface area contributed by atoms with E-state index in [0.717, 1.165) is 17.7 Å². The summed E-state index contributed by atoms with van der Waals surface area (Å²) in [6.07, 6.45) is 2.47. The fourth-order valence-electron chi connectivity index (χ4n) is 1.41. The van der Waals surface area contributed by atoms with E-state index in [1.54, 1.807) is 6.20 Å². The minimum Gasteiger partial charge on any atom is -0.334 e. The van der Waals surface area contributed by atoms with Crippen molar-refractivity contribution < 1.29 is 4.52 Å². The predicted octanol–water partition coefficient (Wildman–Crippen LogP) is 2.02. The van der Waals surface area contributed by atoms with Crippen molar-refractivity contribution in [2.75, 3.05) is 0 Å². The molecule has 0 radical (unpaired) electrons. The van der Waals surface area contributed by atoms with E-state index in [1.165, 1.54) is 0 Å². The normalized spacial score (nSPS) is 14.6. The van der Waals surface area contributed by atoms with Gasteiger partial charge in [-0.05, 0) is 32.4 Å². The Balaban J connectivity index is 2.36. The summed E-state index contributed by atoms with van der Waals surface area (Å²) in [7, 11) is 0. The molecule has 0 spiro atoms. The molecular formula is C12H16N4O. The van der Waals surface area contributed by atoms with Crippen LogP contribution in [0.5, 0.6) is 0 Å². The van der Waals surface area contributed by atoms with Gasteiger partial charge in [-0.2, -0.15) is 4.98 Å². The summed E-state index contributed by atoms with van der Waals surface area (Å²) in [6.45, 7) is 5.80. The van der Waals surface area contributed by atoms with Crippen LogP contribution in [0.2, 0.25) is 0 Å². The second kappa shape index (κ2) is 4.25. The van der Waals surface area contributed by atoms with Crippen molar-refractivity contribution in [3.63, 3.8) is 0 Å². The van der Waals surface area contributed by atoms with Crippen molar-refractivity contribution in [3.8, 4) is 11.5 Å². The zero-order valence-electron chi connectivity index (χ0n) is 10.3. The molecule has 0 aromatic carbocycles. The third-order valence-corrected chi connectivity index (χ3v) is 2.81. The SMILES string of the molecule is CCC(C)(N)c1noc(-c2ccnc(C)c2)n1. The fourth-order valence-corrected chi connectivity index (χ4v) is 1.41. The van der Waals surface area contributed by atoms with Crippen LogP contribution in [0, 0.1) is 6.92 Å². The van der Waals surface area contributed by atoms with Gasteiger partial charge < -0.3 is 10.3 Å². The number of hydrogen-bond acceptors (Lipinski definition) is 5.